The molecule has 0 bridgehead atoms. The normalized spacial score (nSPS) is 17.4. The summed E-state index contributed by atoms with van der Waals surface area (Å²) in [5.74, 6) is -0.225. The van der Waals surface area contributed by atoms with Gasteiger partial charge in [0.2, 0.25) is 11.8 Å². The minimum absolute atomic E-state index is 0.0490. The van der Waals surface area contributed by atoms with E-state index in [1.54, 1.807) is 4.90 Å². The molecule has 0 saturated carbocycles. The van der Waals surface area contributed by atoms with Gasteiger partial charge in [-0.15, -0.1) is 0 Å². The number of carbonyl (C=O) groups is 3. The van der Waals surface area contributed by atoms with E-state index in [0.29, 0.717) is 32.4 Å². The van der Waals surface area contributed by atoms with Crippen molar-refractivity contribution in [2.45, 2.75) is 71.6 Å². The first-order valence-electron chi connectivity index (χ1n) is 12.9. The topological polar surface area (TPSA) is 146 Å². The van der Waals surface area contributed by atoms with Crippen molar-refractivity contribution in [1.82, 2.24) is 16.0 Å². The summed E-state index contributed by atoms with van der Waals surface area (Å²) in [4.78, 5) is 39.5. The number of aliphatic hydroxyl groups excluding tert-OH is 1. The Morgan fingerprint density at radius 1 is 1.22 bits per heavy atom. The summed E-state index contributed by atoms with van der Waals surface area (Å²) >= 11 is 0. The summed E-state index contributed by atoms with van der Waals surface area (Å²) in [6.07, 6.45) is 0.390. The second-order valence-electron chi connectivity index (χ2n) is 11.4. The molecule has 1 aromatic rings. The number of hydrogen-bond donors (Lipinski definition) is 5. The smallest absolute Gasteiger partial charge is 0.407 e. The van der Waals surface area contributed by atoms with E-state index in [9.17, 15) is 19.5 Å². The molecule has 0 aromatic heterocycles. The van der Waals surface area contributed by atoms with E-state index in [0.717, 1.165) is 11.3 Å². The Bertz CT molecular complexity index is 936. The van der Waals surface area contributed by atoms with Crippen molar-refractivity contribution in [1.29, 1.82) is 0 Å². The number of aliphatic hydroxyl groups is 1. The van der Waals surface area contributed by atoms with Crippen molar-refractivity contribution in [3.05, 3.63) is 29.8 Å². The zero-order chi connectivity index (χ0) is 27.8. The maximum absolute atomic E-state index is 13.5. The number of methoxy groups -OCH3 is 1. The minimum atomic E-state index is -0.942. The van der Waals surface area contributed by atoms with E-state index in [4.69, 9.17) is 10.5 Å². The highest BCUT2D eigenvalue weighted by atomic mass is 16.5. The average Bonchev–Trinajstić information content (AvgIpc) is 2.84. The molecule has 0 spiro atoms. The van der Waals surface area contributed by atoms with Crippen molar-refractivity contribution in [3.8, 4) is 0 Å². The van der Waals surface area contributed by atoms with Gasteiger partial charge in [-0.25, -0.2) is 4.79 Å². The van der Waals surface area contributed by atoms with Gasteiger partial charge >= 0.3 is 6.09 Å². The van der Waals surface area contributed by atoms with Crippen LogP contribution in [0.2, 0.25) is 0 Å². The molecule has 3 atom stereocenters. The Morgan fingerprint density at radius 3 is 2.54 bits per heavy atom. The van der Waals surface area contributed by atoms with Gasteiger partial charge in [0.25, 0.3) is 0 Å². The predicted octanol–water partition coefficient (Wildman–Crippen LogP) is 1.55. The molecule has 37 heavy (non-hydrogen) atoms. The largest absolute Gasteiger partial charge is 0.453 e. The molecule has 2 rings (SSSR count). The Labute approximate surface area is 220 Å². The number of nitrogens with zero attached hydrogens (tertiary/aromatic N) is 1. The van der Waals surface area contributed by atoms with Crippen LogP contribution in [0.25, 0.3) is 0 Å². The summed E-state index contributed by atoms with van der Waals surface area (Å²) in [5, 5.41) is 19.3. The van der Waals surface area contributed by atoms with Crippen LogP contribution >= 0.6 is 0 Å². The summed E-state index contributed by atoms with van der Waals surface area (Å²) in [6.45, 7) is 8.72. The van der Waals surface area contributed by atoms with Crippen LogP contribution in [0, 0.1) is 10.8 Å². The van der Waals surface area contributed by atoms with E-state index < -0.39 is 29.1 Å². The van der Waals surface area contributed by atoms with E-state index in [2.05, 4.69) is 16.0 Å². The number of benzene rings is 1. The van der Waals surface area contributed by atoms with Crippen molar-refractivity contribution < 1.29 is 24.2 Å². The van der Waals surface area contributed by atoms with Crippen LogP contribution in [0.1, 0.15) is 52.5 Å². The average molecular weight is 520 g/mol. The number of anilines is 1. The zero-order valence-corrected chi connectivity index (χ0v) is 23.1. The van der Waals surface area contributed by atoms with Crippen LogP contribution in [0.15, 0.2) is 24.3 Å². The molecule has 6 N–H and O–H groups in total. The van der Waals surface area contributed by atoms with Gasteiger partial charge in [-0.1, -0.05) is 45.9 Å². The predicted molar refractivity (Wildman–Crippen MR) is 144 cm³/mol. The van der Waals surface area contributed by atoms with E-state index >= 15 is 0 Å². The van der Waals surface area contributed by atoms with Gasteiger partial charge in [-0.3, -0.25) is 9.59 Å². The molecular weight excluding hydrogens is 474 g/mol. The highest BCUT2D eigenvalue weighted by Crippen LogP contribution is 2.32. The van der Waals surface area contributed by atoms with Crippen molar-refractivity contribution in [2.75, 3.05) is 38.7 Å². The number of amides is 3. The van der Waals surface area contributed by atoms with E-state index in [1.165, 1.54) is 7.11 Å². The molecule has 0 saturated heterocycles. The summed E-state index contributed by atoms with van der Waals surface area (Å²) < 4.78 is 4.73. The van der Waals surface area contributed by atoms with Crippen LogP contribution in [0.3, 0.4) is 0 Å². The number of ether oxygens (including phenoxy) is 1. The maximum Gasteiger partial charge on any atom is 0.407 e. The Kier molecular flexibility index (Phi) is 10.9. The first-order chi connectivity index (χ1) is 17.3. The third-order valence-electron chi connectivity index (χ3n) is 6.96. The number of fused-ring (bicyclic) bond motifs is 1. The van der Waals surface area contributed by atoms with Crippen molar-refractivity contribution >= 4 is 23.6 Å². The standard InChI is InChI=1S/C27H45N5O5/c1-26(2,14-20(28)22(33)16-30-24(35)27(3,4)11-12-29-5)15-23(34)32-17-19(31-25(36)37-6)13-18-9-7-8-10-21(18)32/h7-10,19-20,22,29,33H,11-17,28H2,1-6H3,(H,30,35)(H,31,36)/t19?,20-,22-/m0/s1. The lowest BCUT2D eigenvalue weighted by Crippen LogP contribution is -2.51. The zero-order valence-electron chi connectivity index (χ0n) is 23.1. The summed E-state index contributed by atoms with van der Waals surface area (Å²) in [5.41, 5.74) is 7.04. The number of nitrogens with two attached hydrogens (primary N) is 1. The summed E-state index contributed by atoms with van der Waals surface area (Å²) in [6, 6.07) is 6.77. The molecule has 1 heterocycles. The van der Waals surface area contributed by atoms with Crippen LogP contribution in [0.5, 0.6) is 0 Å². The fourth-order valence-electron chi connectivity index (χ4n) is 4.64. The van der Waals surface area contributed by atoms with Crippen molar-refractivity contribution in [2.24, 2.45) is 16.6 Å². The lowest BCUT2D eigenvalue weighted by molar-refractivity contribution is -0.130. The van der Waals surface area contributed by atoms with Gasteiger partial charge in [0.15, 0.2) is 0 Å². The molecule has 1 aromatic carbocycles. The number of nitrogens with one attached hydrogen (secondary N) is 3. The highest BCUT2D eigenvalue weighted by molar-refractivity contribution is 5.95. The summed E-state index contributed by atoms with van der Waals surface area (Å²) in [7, 11) is 3.15. The molecule has 1 aliphatic rings. The molecular formula is C27H45N5O5. The molecule has 10 nitrogen and oxygen atoms in total. The Morgan fingerprint density at radius 2 is 1.89 bits per heavy atom. The van der Waals surface area contributed by atoms with Crippen LogP contribution in [-0.4, -0.2) is 75.0 Å². The number of alkyl carbamates (subject to hydrolysis) is 1. The molecule has 208 valence electrons. The van der Waals surface area contributed by atoms with Crippen LogP contribution in [0.4, 0.5) is 10.5 Å². The van der Waals surface area contributed by atoms with Crippen molar-refractivity contribution in [3.63, 3.8) is 0 Å². The second kappa shape index (κ2) is 13.2. The Hall–Kier alpha value is -2.69. The molecule has 0 radical (unpaired) electrons. The minimum Gasteiger partial charge on any atom is -0.453 e. The SMILES string of the molecule is CNCCC(C)(C)C(=O)NC[C@H](O)[C@@H](N)CC(C)(C)CC(=O)N1CC(NC(=O)OC)Cc2ccccc21. The third-order valence-corrected chi connectivity index (χ3v) is 6.96. The number of rotatable bonds is 12. The molecule has 0 fully saturated rings. The first-order valence-corrected chi connectivity index (χ1v) is 12.9. The molecule has 10 heteroatoms. The van der Waals surface area contributed by atoms with Gasteiger partial charge in [0, 0.05) is 36.7 Å². The third kappa shape index (κ3) is 8.98. The Balaban J connectivity index is 1.98. The van der Waals surface area contributed by atoms with Gasteiger partial charge in [0.05, 0.1) is 19.3 Å². The second-order valence-corrected chi connectivity index (χ2v) is 11.4. The van der Waals surface area contributed by atoms with E-state index in [-0.39, 0.29) is 30.8 Å². The van der Waals surface area contributed by atoms with Gasteiger partial charge in [0.1, 0.15) is 0 Å². The molecule has 1 aliphatic heterocycles. The lowest BCUT2D eigenvalue weighted by atomic mass is 9.80. The fourth-order valence-corrected chi connectivity index (χ4v) is 4.64. The fraction of sp³-hybridized carbons (Fsp3) is 0.667. The molecule has 0 aliphatic carbocycles. The highest BCUT2D eigenvalue weighted by Gasteiger charge is 2.34. The van der Waals surface area contributed by atoms with Crippen LogP contribution in [-0.2, 0) is 20.7 Å². The number of hydrogen-bond acceptors (Lipinski definition) is 7. The van der Waals surface area contributed by atoms with E-state index in [1.807, 2.05) is 59.0 Å². The number of carbonyl (C=O) groups excluding carboxylic acids is 3. The van der Waals surface area contributed by atoms with Crippen LogP contribution < -0.4 is 26.6 Å². The molecule has 3 amide bonds. The van der Waals surface area contributed by atoms with Gasteiger partial charge in [-0.2, -0.15) is 0 Å². The van der Waals surface area contributed by atoms with Gasteiger partial charge < -0.3 is 36.4 Å². The quantitative estimate of drug-likeness (QED) is 0.282. The van der Waals surface area contributed by atoms with Gasteiger partial charge in [-0.05, 0) is 49.9 Å². The molecule has 1 unspecified atom stereocenters. The maximum atomic E-state index is 13.5. The monoisotopic (exact) mass is 519 g/mol. The lowest BCUT2D eigenvalue weighted by Gasteiger charge is -2.37. The number of para-hydroxylation sites is 1. The first kappa shape index (κ1) is 30.5.